The zero-order valence-electron chi connectivity index (χ0n) is 10.8. The lowest BCUT2D eigenvalue weighted by Crippen LogP contribution is -2.02. The van der Waals surface area contributed by atoms with E-state index < -0.39 is 5.97 Å². The topological polar surface area (TPSA) is 77.2 Å². The van der Waals surface area contributed by atoms with Gasteiger partial charge in [-0.2, -0.15) is 5.10 Å². The molecular formula is C13H15N3O3. The molecule has 0 aliphatic carbocycles. The van der Waals surface area contributed by atoms with E-state index in [0.29, 0.717) is 11.4 Å². The van der Waals surface area contributed by atoms with Gasteiger partial charge in [0.05, 0.1) is 19.0 Å². The molecule has 0 saturated carbocycles. The summed E-state index contributed by atoms with van der Waals surface area (Å²) in [6, 6.07) is 3.09. The van der Waals surface area contributed by atoms with Crippen LogP contribution in [0.5, 0.6) is 5.75 Å². The van der Waals surface area contributed by atoms with Crippen LogP contribution in [0.3, 0.4) is 0 Å². The molecule has 100 valence electrons. The maximum Gasteiger partial charge on any atom is 0.354 e. The standard InChI is InChI=1S/C13H15N3O3/c1-3-4-16-8-9(7-14-16)11-5-10(19-2)6-12(15-11)13(17)18/h5-8H,3-4H2,1-2H3,(H,17,18). The van der Waals surface area contributed by atoms with Crippen LogP contribution >= 0.6 is 0 Å². The first-order valence-corrected chi connectivity index (χ1v) is 5.96. The number of hydrogen-bond acceptors (Lipinski definition) is 4. The number of carboxylic acids is 1. The highest BCUT2D eigenvalue weighted by Gasteiger charge is 2.11. The Balaban J connectivity index is 2.42. The van der Waals surface area contributed by atoms with Crippen LogP contribution < -0.4 is 4.74 Å². The molecule has 0 unspecified atom stereocenters. The second-order valence-corrected chi connectivity index (χ2v) is 4.07. The zero-order chi connectivity index (χ0) is 13.8. The van der Waals surface area contributed by atoms with Crippen LogP contribution in [0.4, 0.5) is 0 Å². The Kier molecular flexibility index (Phi) is 3.79. The minimum Gasteiger partial charge on any atom is -0.497 e. The summed E-state index contributed by atoms with van der Waals surface area (Å²) in [6.07, 6.45) is 4.49. The van der Waals surface area contributed by atoms with E-state index in [4.69, 9.17) is 9.84 Å². The summed E-state index contributed by atoms with van der Waals surface area (Å²) in [5.41, 5.74) is 1.27. The second-order valence-electron chi connectivity index (χ2n) is 4.07. The van der Waals surface area contributed by atoms with Crippen LogP contribution in [-0.4, -0.2) is 33.0 Å². The molecule has 0 aromatic carbocycles. The molecule has 0 aliphatic heterocycles. The van der Waals surface area contributed by atoms with Crippen molar-refractivity contribution in [3.63, 3.8) is 0 Å². The maximum absolute atomic E-state index is 11.0. The van der Waals surface area contributed by atoms with Crippen molar-refractivity contribution in [3.05, 3.63) is 30.2 Å². The van der Waals surface area contributed by atoms with E-state index in [1.807, 2.05) is 6.20 Å². The Labute approximate surface area is 110 Å². The number of aromatic nitrogens is 3. The molecular weight excluding hydrogens is 246 g/mol. The lowest BCUT2D eigenvalue weighted by molar-refractivity contribution is 0.0690. The van der Waals surface area contributed by atoms with Gasteiger partial charge in [0.15, 0.2) is 5.69 Å². The van der Waals surface area contributed by atoms with Gasteiger partial charge in [0.1, 0.15) is 5.75 Å². The predicted octanol–water partition coefficient (Wildman–Crippen LogP) is 2.06. The van der Waals surface area contributed by atoms with Crippen molar-refractivity contribution in [2.24, 2.45) is 0 Å². The molecule has 19 heavy (non-hydrogen) atoms. The molecule has 2 heterocycles. The molecule has 0 aliphatic rings. The van der Waals surface area contributed by atoms with Crippen molar-refractivity contribution in [2.75, 3.05) is 7.11 Å². The highest BCUT2D eigenvalue weighted by Crippen LogP contribution is 2.22. The molecule has 0 radical (unpaired) electrons. The number of carboxylic acid groups (broad SMARTS) is 1. The highest BCUT2D eigenvalue weighted by molar-refractivity contribution is 5.86. The van der Waals surface area contributed by atoms with E-state index in [-0.39, 0.29) is 5.69 Å². The monoisotopic (exact) mass is 261 g/mol. The summed E-state index contributed by atoms with van der Waals surface area (Å²) < 4.78 is 6.89. The number of aryl methyl sites for hydroxylation is 1. The Hall–Kier alpha value is -2.37. The van der Waals surface area contributed by atoms with E-state index in [9.17, 15) is 4.79 Å². The normalized spacial score (nSPS) is 10.4. The number of methoxy groups -OCH3 is 1. The van der Waals surface area contributed by atoms with Gasteiger partial charge in [-0.15, -0.1) is 0 Å². The van der Waals surface area contributed by atoms with Crippen LogP contribution in [-0.2, 0) is 6.54 Å². The number of aromatic carboxylic acids is 1. The van der Waals surface area contributed by atoms with E-state index in [0.717, 1.165) is 18.5 Å². The molecule has 6 heteroatoms. The summed E-state index contributed by atoms with van der Waals surface area (Å²) in [5, 5.41) is 13.2. The fraction of sp³-hybridized carbons (Fsp3) is 0.308. The summed E-state index contributed by atoms with van der Waals surface area (Å²) in [7, 11) is 1.49. The average molecular weight is 261 g/mol. The Morgan fingerprint density at radius 2 is 2.26 bits per heavy atom. The lowest BCUT2D eigenvalue weighted by atomic mass is 10.2. The van der Waals surface area contributed by atoms with Crippen LogP contribution in [0, 0.1) is 0 Å². The van der Waals surface area contributed by atoms with Gasteiger partial charge in [-0.3, -0.25) is 4.68 Å². The molecule has 0 fully saturated rings. The molecule has 0 saturated heterocycles. The number of nitrogens with zero attached hydrogens (tertiary/aromatic N) is 3. The van der Waals surface area contributed by atoms with Crippen LogP contribution in [0.2, 0.25) is 0 Å². The first-order valence-electron chi connectivity index (χ1n) is 5.96. The number of ether oxygens (including phenoxy) is 1. The molecule has 0 bridgehead atoms. The van der Waals surface area contributed by atoms with Gasteiger partial charge in [-0.25, -0.2) is 9.78 Å². The third-order valence-corrected chi connectivity index (χ3v) is 2.64. The summed E-state index contributed by atoms with van der Waals surface area (Å²) >= 11 is 0. The minimum absolute atomic E-state index is 0.0439. The molecule has 2 aromatic rings. The molecule has 1 N–H and O–H groups in total. The zero-order valence-corrected chi connectivity index (χ0v) is 10.8. The van der Waals surface area contributed by atoms with Gasteiger partial charge in [-0.05, 0) is 6.42 Å². The van der Waals surface area contributed by atoms with E-state index in [1.54, 1.807) is 16.9 Å². The maximum atomic E-state index is 11.0. The lowest BCUT2D eigenvalue weighted by Gasteiger charge is -2.04. The van der Waals surface area contributed by atoms with Crippen LogP contribution in [0.15, 0.2) is 24.5 Å². The molecule has 0 spiro atoms. The van der Waals surface area contributed by atoms with Gasteiger partial charge < -0.3 is 9.84 Å². The first kappa shape index (κ1) is 13.1. The number of hydrogen-bond donors (Lipinski definition) is 1. The summed E-state index contributed by atoms with van der Waals surface area (Å²) in [6.45, 7) is 2.88. The SMILES string of the molecule is CCCn1cc(-c2cc(OC)cc(C(=O)O)n2)cn1. The Morgan fingerprint density at radius 1 is 1.47 bits per heavy atom. The van der Waals surface area contributed by atoms with Crippen molar-refractivity contribution in [1.82, 2.24) is 14.8 Å². The fourth-order valence-corrected chi connectivity index (χ4v) is 1.73. The van der Waals surface area contributed by atoms with Gasteiger partial charge in [0, 0.05) is 30.4 Å². The number of carbonyl (C=O) groups is 1. The third kappa shape index (κ3) is 2.90. The van der Waals surface area contributed by atoms with Gasteiger partial charge in [-0.1, -0.05) is 6.92 Å². The minimum atomic E-state index is -1.08. The second kappa shape index (κ2) is 5.51. The molecule has 2 aromatic heterocycles. The van der Waals surface area contributed by atoms with Gasteiger partial charge in [0.25, 0.3) is 0 Å². The van der Waals surface area contributed by atoms with Crippen LogP contribution in [0.25, 0.3) is 11.3 Å². The quantitative estimate of drug-likeness (QED) is 0.891. The third-order valence-electron chi connectivity index (χ3n) is 2.64. The Bertz CT molecular complexity index is 593. The number of pyridine rings is 1. The van der Waals surface area contributed by atoms with Crippen molar-refractivity contribution in [3.8, 4) is 17.0 Å². The smallest absolute Gasteiger partial charge is 0.354 e. The molecule has 0 atom stereocenters. The van der Waals surface area contributed by atoms with Gasteiger partial charge in [0.2, 0.25) is 0 Å². The first-order chi connectivity index (χ1) is 9.13. The average Bonchev–Trinajstić information content (AvgIpc) is 2.87. The van der Waals surface area contributed by atoms with Crippen molar-refractivity contribution in [2.45, 2.75) is 19.9 Å². The van der Waals surface area contributed by atoms with Gasteiger partial charge >= 0.3 is 5.97 Å². The summed E-state index contributed by atoms with van der Waals surface area (Å²) in [5.74, 6) is -0.619. The molecule has 6 nitrogen and oxygen atoms in total. The fourth-order valence-electron chi connectivity index (χ4n) is 1.73. The van der Waals surface area contributed by atoms with Crippen LogP contribution in [0.1, 0.15) is 23.8 Å². The van der Waals surface area contributed by atoms with Crippen molar-refractivity contribution in [1.29, 1.82) is 0 Å². The number of rotatable bonds is 5. The molecule has 2 rings (SSSR count). The van der Waals surface area contributed by atoms with E-state index in [2.05, 4.69) is 17.0 Å². The Morgan fingerprint density at radius 3 is 2.89 bits per heavy atom. The predicted molar refractivity (Wildman–Crippen MR) is 69.3 cm³/mol. The van der Waals surface area contributed by atoms with Crippen molar-refractivity contribution < 1.29 is 14.6 Å². The van der Waals surface area contributed by atoms with Crippen molar-refractivity contribution >= 4 is 5.97 Å². The highest BCUT2D eigenvalue weighted by atomic mass is 16.5. The van der Waals surface area contributed by atoms with E-state index in [1.165, 1.54) is 13.2 Å². The van der Waals surface area contributed by atoms with E-state index >= 15 is 0 Å². The summed E-state index contributed by atoms with van der Waals surface area (Å²) in [4.78, 5) is 15.1. The molecule has 0 amide bonds. The largest absolute Gasteiger partial charge is 0.497 e.